The molecular weight excluding hydrogens is 1400 g/mol. The summed E-state index contributed by atoms with van der Waals surface area (Å²) in [6, 6.07) is 20.4. The second kappa shape index (κ2) is 35.8. The van der Waals surface area contributed by atoms with E-state index in [2.05, 4.69) is 74.5 Å². The summed E-state index contributed by atoms with van der Waals surface area (Å²) in [6.07, 6.45) is 37.7. The first-order valence-corrected chi connectivity index (χ1v) is 36.5. The lowest BCUT2D eigenvalue weighted by molar-refractivity contribution is -0.141. The zero-order valence-corrected chi connectivity index (χ0v) is 60.4. The molecule has 6 aromatic rings. The molecule has 2 amide bonds. The molecular formula is C76H85BrClN7O15S. The highest BCUT2D eigenvalue weighted by Crippen LogP contribution is 2.47. The number of hydrogen-bond donors (Lipinski definition) is 2. The number of carbonyl (C=O) groups excluding carboxylic acids is 7. The molecule has 8 aliphatic rings. The number of benzene rings is 2. The number of aromatic carboxylic acids is 1. The first kappa shape index (κ1) is 75.8. The van der Waals surface area contributed by atoms with Crippen LogP contribution in [0.4, 0.5) is 5.69 Å². The molecule has 5 aliphatic heterocycles. The van der Waals surface area contributed by atoms with E-state index in [-0.39, 0.29) is 47.5 Å². The lowest BCUT2D eigenvalue weighted by Gasteiger charge is -2.46. The number of methoxy groups -OCH3 is 4. The highest BCUT2D eigenvalue weighted by Gasteiger charge is 2.45. The van der Waals surface area contributed by atoms with Gasteiger partial charge in [0.25, 0.3) is 11.8 Å². The number of carbonyl (C=O) groups is 8. The molecule has 2 N–H and O–H groups in total. The fraction of sp³-hybridized carbons (Fsp3) is 0.368. The summed E-state index contributed by atoms with van der Waals surface area (Å²) >= 11 is 9.55. The number of ether oxygens (including phenoxy) is 5. The molecule has 6 atom stereocenters. The summed E-state index contributed by atoms with van der Waals surface area (Å²) < 4.78 is 55.3. The third-order valence-corrected chi connectivity index (χ3v) is 21.1. The Kier molecular flexibility index (Phi) is 26.9. The molecule has 0 radical (unpaired) electrons. The van der Waals surface area contributed by atoms with Gasteiger partial charge in [0.1, 0.15) is 22.0 Å². The minimum Gasteiger partial charge on any atom is -0.490 e. The second-order valence-corrected chi connectivity index (χ2v) is 28.6. The molecule has 4 aromatic heterocycles. The van der Waals surface area contributed by atoms with E-state index in [1.807, 2.05) is 93.5 Å². The molecule has 1 saturated carbocycles. The van der Waals surface area contributed by atoms with Gasteiger partial charge < -0.3 is 52.0 Å². The van der Waals surface area contributed by atoms with Gasteiger partial charge in [-0.1, -0.05) is 89.1 Å². The van der Waals surface area contributed by atoms with Crippen LogP contribution in [-0.4, -0.2) is 141 Å². The van der Waals surface area contributed by atoms with Crippen LogP contribution < -0.4 is 14.4 Å². The Labute approximate surface area is 601 Å². The van der Waals surface area contributed by atoms with Crippen molar-refractivity contribution in [3.8, 4) is 5.75 Å². The fourth-order valence-corrected chi connectivity index (χ4v) is 15.6. The van der Waals surface area contributed by atoms with Crippen molar-refractivity contribution in [2.75, 3.05) is 64.1 Å². The average molecular weight is 1480 g/mol. The lowest BCUT2D eigenvalue weighted by atomic mass is 9.68. The number of aromatic nitrogens is 4. The van der Waals surface area contributed by atoms with E-state index in [9.17, 15) is 42.6 Å². The van der Waals surface area contributed by atoms with Crippen LogP contribution in [0.25, 0.3) is 18.2 Å². The number of alkyl halides is 1. The van der Waals surface area contributed by atoms with Crippen molar-refractivity contribution in [1.82, 2.24) is 23.0 Å². The number of carboxylic acid groups (broad SMARTS) is 1. The van der Waals surface area contributed by atoms with Gasteiger partial charge in [0, 0.05) is 110 Å². The molecule has 101 heavy (non-hydrogen) atoms. The van der Waals surface area contributed by atoms with Gasteiger partial charge in [-0.05, 0) is 158 Å². The molecule has 25 heteroatoms. The number of nitrogens with one attached hydrogen (secondary N) is 1. The third kappa shape index (κ3) is 19.8. The van der Waals surface area contributed by atoms with E-state index in [1.165, 1.54) is 32.5 Å². The van der Waals surface area contributed by atoms with Gasteiger partial charge in [-0.15, -0.1) is 4.36 Å². The van der Waals surface area contributed by atoms with Gasteiger partial charge in [0.2, 0.25) is 0 Å². The normalized spacial score (nSPS) is 21.4. The SMILES string of the molecule is COC(=O)CCBr.COC(=O)CCn1cccc1C=O.COC(=O)c1cc2n(c1)CC=C2.CO[C@H]1/C=C/C[C@H](C)CS(=O)(NC(=O)c2cc3n(c2)CC=C3)=NC(=O)c2ccc3c(c2)N(C[C@@H]2CC[C@H]21)C[C@@]1(CCCc2cc(Cl)ccc21)CO3.O=C(O)c1cc2n(c1)CC=C2.O=CC1=CC=CC1. The number of rotatable bonds is 12. The van der Waals surface area contributed by atoms with Crippen LogP contribution in [0.15, 0.2) is 150 Å². The number of halogens is 2. The maximum absolute atomic E-state index is 14.6. The topological polar surface area (TPSA) is 267 Å². The first-order chi connectivity index (χ1) is 48.7. The molecule has 1 spiro atoms. The van der Waals surface area contributed by atoms with Crippen LogP contribution in [0, 0.1) is 17.8 Å². The average Bonchev–Trinajstić information content (AvgIpc) is 1.73. The van der Waals surface area contributed by atoms with Crippen LogP contribution in [0.2, 0.25) is 5.02 Å². The van der Waals surface area contributed by atoms with Crippen LogP contribution in [0.5, 0.6) is 5.75 Å². The van der Waals surface area contributed by atoms with Gasteiger partial charge in [0.15, 0.2) is 6.29 Å². The van der Waals surface area contributed by atoms with E-state index < -0.39 is 27.7 Å². The van der Waals surface area contributed by atoms with Crippen LogP contribution in [-0.2, 0) is 81.3 Å². The summed E-state index contributed by atoms with van der Waals surface area (Å²) in [5.74, 6) is -1.37. The minimum atomic E-state index is -3.50. The van der Waals surface area contributed by atoms with E-state index in [4.69, 9.17) is 26.2 Å². The van der Waals surface area contributed by atoms with Crippen molar-refractivity contribution in [1.29, 1.82) is 0 Å². The molecule has 534 valence electrons. The van der Waals surface area contributed by atoms with Crippen molar-refractivity contribution >= 4 is 110 Å². The van der Waals surface area contributed by atoms with E-state index in [1.54, 1.807) is 66.8 Å². The van der Waals surface area contributed by atoms with Crippen molar-refractivity contribution in [3.63, 3.8) is 0 Å². The molecule has 0 saturated heterocycles. The number of anilines is 1. The number of aryl methyl sites for hydroxylation is 2. The predicted molar refractivity (Wildman–Crippen MR) is 391 cm³/mol. The van der Waals surface area contributed by atoms with Crippen molar-refractivity contribution in [3.05, 3.63) is 207 Å². The van der Waals surface area contributed by atoms with Crippen LogP contribution >= 0.6 is 27.5 Å². The zero-order chi connectivity index (χ0) is 72.2. The number of esters is 3. The first-order valence-electron chi connectivity index (χ1n) is 33.4. The summed E-state index contributed by atoms with van der Waals surface area (Å²) in [4.78, 5) is 92.8. The van der Waals surface area contributed by atoms with Crippen molar-refractivity contribution in [2.45, 2.75) is 102 Å². The number of hydrogen-bond acceptors (Lipinski definition) is 15. The quantitative estimate of drug-likeness (QED) is 0.0379. The molecule has 14 rings (SSSR count). The molecule has 22 nitrogen and oxygen atoms in total. The van der Waals surface area contributed by atoms with E-state index >= 15 is 0 Å². The summed E-state index contributed by atoms with van der Waals surface area (Å²) in [5, 5.41) is 10.0. The Hall–Kier alpha value is -9.36. The predicted octanol–water partition coefficient (Wildman–Crippen LogP) is 12.6. The van der Waals surface area contributed by atoms with Crippen LogP contribution in [0.1, 0.15) is 138 Å². The number of aldehydes is 2. The molecule has 3 aliphatic carbocycles. The molecule has 2 bridgehead atoms. The monoisotopic (exact) mass is 1480 g/mol. The van der Waals surface area contributed by atoms with E-state index in [0.717, 1.165) is 111 Å². The Bertz CT molecular complexity index is 4350. The van der Waals surface area contributed by atoms with Gasteiger partial charge in [-0.2, -0.15) is 0 Å². The number of nitrogens with zero attached hydrogens (tertiary/aromatic N) is 6. The van der Waals surface area contributed by atoms with Crippen molar-refractivity contribution < 1.29 is 71.4 Å². The lowest BCUT2D eigenvalue weighted by Crippen LogP contribution is -2.49. The Morgan fingerprint density at radius 1 is 0.812 bits per heavy atom. The smallest absolute Gasteiger partial charge is 0.339 e. The van der Waals surface area contributed by atoms with Gasteiger partial charge >= 0.3 is 23.9 Å². The molecule has 1 unspecified atom stereocenters. The molecule has 2 aromatic carbocycles. The third-order valence-electron chi connectivity index (χ3n) is 18.5. The number of carboxylic acids is 1. The summed E-state index contributed by atoms with van der Waals surface area (Å²) in [5.41, 5.74) is 9.20. The standard InChI is InChI=1S/C40H45ClN4O5S.C9H11NO3.C9H9NO2.C8H7NO2.C6H6O.C4H7BrO2/c1-26-6-3-9-36(49-2)33-13-10-29(33)21-45-24-40(16-4-7-27-18-31(41)12-14-34(27)40)25-50-37-15-11-28(20-35(37)45)38(46)42-51(48,23-26)43-39(47)30-19-32-8-5-17-44(32)22-30;1-13-9(12)4-6-10-5-2-3-8(10)7-11;1-12-9(11)7-5-8-3-2-4-10(8)6-7;10-8(11)6-4-7-2-1-3-9(7)5-6;7-5-6-3-1-2-4-6;1-7-4(6)2-3-5/h3,5,8-9,11-12,14-15,18-20,22,26,29,33,36H,4,6-7,10,13,16-17,21,23-25H2,1-2H3,(H,42,43,46,47,48);2-3,5,7H,4,6H2,1H3;2-3,5-6H,4H2,1H3;1-2,4-5H,3H2,(H,10,11);1-3,5H,4H2;2-3H2,1H3/b9-3+;;;;;/t26-,29-,33+,36-,40-,51?;;;;;/m0...../s1. The minimum absolute atomic E-state index is 0.0259. The van der Waals surface area contributed by atoms with Gasteiger partial charge in [0.05, 0.1) is 80.7 Å². The van der Waals surface area contributed by atoms with Gasteiger partial charge in [-0.3, -0.25) is 33.5 Å². The maximum Gasteiger partial charge on any atom is 0.339 e. The molecule has 9 heterocycles. The van der Waals surface area contributed by atoms with Crippen molar-refractivity contribution in [2.24, 2.45) is 22.1 Å². The van der Waals surface area contributed by atoms with Crippen LogP contribution in [0.3, 0.4) is 0 Å². The zero-order valence-electron chi connectivity index (χ0n) is 57.2. The number of allylic oxidation sites excluding steroid dienone is 8. The second-order valence-electron chi connectivity index (χ2n) is 25.4. The fourth-order valence-electron chi connectivity index (χ4n) is 13.2. The molecule has 1 fully saturated rings. The maximum atomic E-state index is 14.6. The number of amides is 2. The van der Waals surface area contributed by atoms with E-state index in [0.29, 0.717) is 83.4 Å². The Morgan fingerprint density at radius 2 is 1.49 bits per heavy atom. The Balaban J connectivity index is 0.000000188. The Morgan fingerprint density at radius 3 is 2.07 bits per heavy atom. The van der Waals surface area contributed by atoms with Gasteiger partial charge in [-0.25, -0.2) is 13.8 Å². The summed E-state index contributed by atoms with van der Waals surface area (Å²) in [7, 11) is 2.38. The number of fused-ring (bicyclic) bond motifs is 7. The largest absolute Gasteiger partial charge is 0.490 e. The highest BCUT2D eigenvalue weighted by molar-refractivity contribution is 9.09. The summed E-state index contributed by atoms with van der Waals surface area (Å²) in [6.45, 7) is 6.79. The highest BCUT2D eigenvalue weighted by atomic mass is 79.9.